The molecule has 12 heteroatoms. The minimum absolute atomic E-state index is 0.0353. The van der Waals surface area contributed by atoms with Gasteiger partial charge in [-0.2, -0.15) is 20.5 Å². The quantitative estimate of drug-likeness (QED) is 0.421. The van der Waals surface area contributed by atoms with Crippen molar-refractivity contribution in [3.05, 3.63) is 69.8 Å². The van der Waals surface area contributed by atoms with Crippen molar-refractivity contribution in [2.45, 2.75) is 13.0 Å². The van der Waals surface area contributed by atoms with E-state index in [2.05, 4.69) is 25.3 Å². The summed E-state index contributed by atoms with van der Waals surface area (Å²) in [6, 6.07) is 8.31. The molecule has 0 aliphatic heterocycles. The summed E-state index contributed by atoms with van der Waals surface area (Å²) in [6.45, 7) is 1.66. The monoisotopic (exact) mass is 442 g/mol. The lowest BCUT2D eigenvalue weighted by Crippen LogP contribution is -2.28. The number of halogens is 1. The average Bonchev–Trinajstić information content (AvgIpc) is 2.79. The van der Waals surface area contributed by atoms with Crippen LogP contribution in [0.3, 0.4) is 0 Å². The van der Waals surface area contributed by atoms with Crippen LogP contribution in [0.4, 0.5) is 22.0 Å². The molecule has 0 aliphatic carbocycles. The second kappa shape index (κ2) is 8.20. The Labute approximate surface area is 185 Å². The smallest absolute Gasteiger partial charge is 0.266 e. The number of rotatable bonds is 4. The van der Waals surface area contributed by atoms with Gasteiger partial charge in [0.2, 0.25) is 5.95 Å². The van der Waals surface area contributed by atoms with Crippen LogP contribution in [0.5, 0.6) is 0 Å². The second-order valence-electron chi connectivity index (χ2n) is 6.95. The molecule has 0 aliphatic rings. The fourth-order valence-corrected chi connectivity index (χ4v) is 3.36. The Kier molecular flexibility index (Phi) is 5.26. The largest absolute Gasteiger partial charge is 0.382 e. The number of nitrogens with one attached hydrogen (secondary N) is 1. The molecule has 3 heterocycles. The Morgan fingerprint density at radius 1 is 1.18 bits per heavy atom. The molecule has 0 saturated heterocycles. The minimum atomic E-state index is -0.750. The van der Waals surface area contributed by atoms with Gasteiger partial charge in [0.05, 0.1) is 34.4 Å². The molecule has 1 unspecified atom stereocenters. The van der Waals surface area contributed by atoms with Gasteiger partial charge in [-0.1, -0.05) is 0 Å². The molecule has 4 aromatic rings. The minimum Gasteiger partial charge on any atom is -0.382 e. The van der Waals surface area contributed by atoms with Crippen LogP contribution >= 0.6 is 0 Å². The van der Waals surface area contributed by atoms with E-state index in [-0.39, 0.29) is 45.4 Å². The lowest BCUT2D eigenvalue weighted by atomic mass is 10.1. The summed E-state index contributed by atoms with van der Waals surface area (Å²) in [5.74, 6) is -0.803. The predicted molar refractivity (Wildman–Crippen MR) is 117 cm³/mol. The Hall–Kier alpha value is -5.10. The topological polar surface area (TPSA) is 185 Å². The maximum atomic E-state index is 14.1. The van der Waals surface area contributed by atoms with Crippen LogP contribution in [0, 0.1) is 28.5 Å². The van der Waals surface area contributed by atoms with Gasteiger partial charge in [-0.3, -0.25) is 14.3 Å². The van der Waals surface area contributed by atoms with Gasteiger partial charge in [-0.25, -0.2) is 9.37 Å². The average molecular weight is 442 g/mol. The van der Waals surface area contributed by atoms with Gasteiger partial charge in [-0.05, 0) is 31.2 Å². The molecule has 0 saturated carbocycles. The zero-order valence-electron chi connectivity index (χ0n) is 17.1. The van der Waals surface area contributed by atoms with Crippen LogP contribution in [0.2, 0.25) is 0 Å². The summed E-state index contributed by atoms with van der Waals surface area (Å²) in [4.78, 5) is 29.8. The SMILES string of the molecule is CC(Nc1nc(N)nc(N)c1C#N)c1nc2c(C#N)cc(F)cc2c(=O)n1-c1cccnc1. The molecule has 0 bridgehead atoms. The predicted octanol–water partition coefficient (Wildman–Crippen LogP) is 1.79. The number of hydrogen-bond acceptors (Lipinski definition) is 10. The molecule has 0 radical (unpaired) electrons. The highest BCUT2D eigenvalue weighted by atomic mass is 19.1. The van der Waals surface area contributed by atoms with Crippen molar-refractivity contribution in [2.75, 3.05) is 16.8 Å². The summed E-state index contributed by atoms with van der Waals surface area (Å²) in [5.41, 5.74) is 11.1. The maximum absolute atomic E-state index is 14.1. The van der Waals surface area contributed by atoms with E-state index in [1.165, 1.54) is 17.0 Å². The van der Waals surface area contributed by atoms with Crippen molar-refractivity contribution in [1.29, 1.82) is 10.5 Å². The molecule has 33 heavy (non-hydrogen) atoms. The van der Waals surface area contributed by atoms with Crippen molar-refractivity contribution in [1.82, 2.24) is 24.5 Å². The third-order valence-electron chi connectivity index (χ3n) is 4.79. The standard InChI is InChI=1S/C21H15FN10O/c1-10(28-18-15(8-24)17(25)30-21(26)31-18)19-29-16-11(7-23)5-12(22)6-14(16)20(33)32(19)13-3-2-4-27-9-13/h2-6,9-10H,1H3,(H5,25,26,28,30,31). The number of nitrogen functional groups attached to an aromatic ring is 2. The molecule has 0 spiro atoms. The second-order valence-corrected chi connectivity index (χ2v) is 6.95. The summed E-state index contributed by atoms with van der Waals surface area (Å²) < 4.78 is 15.3. The van der Waals surface area contributed by atoms with Gasteiger partial charge in [0, 0.05) is 6.20 Å². The number of fused-ring (bicyclic) bond motifs is 1. The number of hydrogen-bond donors (Lipinski definition) is 3. The van der Waals surface area contributed by atoms with Gasteiger partial charge in [0.25, 0.3) is 5.56 Å². The van der Waals surface area contributed by atoms with Crippen LogP contribution in [0.15, 0.2) is 41.5 Å². The van der Waals surface area contributed by atoms with E-state index in [0.29, 0.717) is 5.69 Å². The van der Waals surface area contributed by atoms with E-state index in [4.69, 9.17) is 11.5 Å². The van der Waals surface area contributed by atoms with Gasteiger partial charge >= 0.3 is 0 Å². The van der Waals surface area contributed by atoms with E-state index in [0.717, 1.165) is 12.1 Å². The molecule has 1 atom stereocenters. The van der Waals surface area contributed by atoms with Gasteiger partial charge in [0.1, 0.15) is 35.2 Å². The number of nitrogens with two attached hydrogens (primary N) is 2. The van der Waals surface area contributed by atoms with Crippen LogP contribution in [0.1, 0.15) is 29.9 Å². The normalized spacial score (nSPS) is 11.5. The van der Waals surface area contributed by atoms with Crippen LogP contribution < -0.4 is 22.3 Å². The van der Waals surface area contributed by atoms with E-state index >= 15 is 0 Å². The molecule has 1 aromatic carbocycles. The molecule has 162 valence electrons. The molecule has 0 fully saturated rings. The fraction of sp³-hybridized carbons (Fsp3) is 0.0952. The molecule has 11 nitrogen and oxygen atoms in total. The van der Waals surface area contributed by atoms with Crippen molar-refractivity contribution in [3.63, 3.8) is 0 Å². The van der Waals surface area contributed by atoms with Crippen LogP contribution in [-0.4, -0.2) is 24.5 Å². The van der Waals surface area contributed by atoms with Crippen molar-refractivity contribution >= 4 is 28.5 Å². The van der Waals surface area contributed by atoms with Crippen molar-refractivity contribution < 1.29 is 4.39 Å². The Morgan fingerprint density at radius 3 is 2.64 bits per heavy atom. The zero-order chi connectivity index (χ0) is 23.7. The van der Waals surface area contributed by atoms with E-state index in [1.807, 2.05) is 12.1 Å². The first-order valence-electron chi connectivity index (χ1n) is 9.50. The lowest BCUT2D eigenvalue weighted by molar-refractivity contribution is 0.628. The van der Waals surface area contributed by atoms with E-state index in [9.17, 15) is 19.7 Å². The van der Waals surface area contributed by atoms with Gasteiger partial charge in [0.15, 0.2) is 5.82 Å². The van der Waals surface area contributed by atoms with Crippen molar-refractivity contribution in [3.8, 4) is 17.8 Å². The number of pyridine rings is 1. The molecule has 5 N–H and O–H groups in total. The zero-order valence-corrected chi connectivity index (χ0v) is 17.1. The molecule has 3 aromatic heterocycles. The fourth-order valence-electron chi connectivity index (χ4n) is 3.36. The molecule has 0 amide bonds. The Morgan fingerprint density at radius 2 is 1.97 bits per heavy atom. The summed E-state index contributed by atoms with van der Waals surface area (Å²) in [7, 11) is 0. The first kappa shape index (κ1) is 21.1. The third kappa shape index (κ3) is 3.73. The van der Waals surface area contributed by atoms with E-state index < -0.39 is 17.4 Å². The molecular formula is C21H15FN10O. The Balaban J connectivity index is 1.99. The maximum Gasteiger partial charge on any atom is 0.266 e. The van der Waals surface area contributed by atoms with Gasteiger partial charge < -0.3 is 16.8 Å². The molecule has 4 rings (SSSR count). The molecular weight excluding hydrogens is 427 g/mol. The first-order valence-corrected chi connectivity index (χ1v) is 9.50. The van der Waals surface area contributed by atoms with Crippen molar-refractivity contribution in [2.24, 2.45) is 0 Å². The number of anilines is 3. The number of nitrogens with zero attached hydrogens (tertiary/aromatic N) is 7. The van der Waals surface area contributed by atoms with Gasteiger partial charge in [-0.15, -0.1) is 0 Å². The summed E-state index contributed by atoms with van der Waals surface area (Å²) in [6.07, 6.45) is 2.97. The summed E-state index contributed by atoms with van der Waals surface area (Å²) >= 11 is 0. The van der Waals surface area contributed by atoms with Crippen LogP contribution in [0.25, 0.3) is 16.6 Å². The summed E-state index contributed by atoms with van der Waals surface area (Å²) in [5, 5.41) is 21.8. The van der Waals surface area contributed by atoms with E-state index in [1.54, 1.807) is 19.1 Å². The highest BCUT2D eigenvalue weighted by Crippen LogP contribution is 2.26. The highest BCUT2D eigenvalue weighted by molar-refractivity contribution is 5.84. The first-order chi connectivity index (χ1) is 15.8. The number of nitriles is 2. The lowest BCUT2D eigenvalue weighted by Gasteiger charge is -2.20. The highest BCUT2D eigenvalue weighted by Gasteiger charge is 2.22. The van der Waals surface area contributed by atoms with Crippen LogP contribution in [-0.2, 0) is 0 Å². The Bertz CT molecular complexity index is 1540. The number of aromatic nitrogens is 5. The number of benzene rings is 1. The third-order valence-corrected chi connectivity index (χ3v) is 4.79.